The molecule has 0 aliphatic rings. The minimum atomic E-state index is 0.653. The van der Waals surface area contributed by atoms with Gasteiger partial charge in [-0.3, -0.25) is 0 Å². The van der Waals surface area contributed by atoms with Gasteiger partial charge in [0.1, 0.15) is 0 Å². The summed E-state index contributed by atoms with van der Waals surface area (Å²) in [5.41, 5.74) is 14.4. The smallest absolute Gasteiger partial charge is 0.0867 e. The van der Waals surface area contributed by atoms with Gasteiger partial charge in [0.05, 0.1) is 22.7 Å². The molecule has 0 spiro atoms. The summed E-state index contributed by atoms with van der Waals surface area (Å²) in [6, 6.07) is 14.9. The number of rotatable bonds is 2. The molecule has 1 radical (unpaired) electrons. The molecule has 0 saturated carbocycles. The van der Waals surface area contributed by atoms with Gasteiger partial charge < -0.3 is 11.5 Å². The average molecular weight is 198 g/mol. The van der Waals surface area contributed by atoms with Crippen molar-refractivity contribution in [3.8, 4) is 0 Å². The lowest BCUT2D eigenvalue weighted by atomic mass is 10.2. The highest BCUT2D eigenvalue weighted by molar-refractivity contribution is 5.70. The lowest BCUT2D eigenvalue weighted by molar-refractivity contribution is 1.19. The first-order chi connectivity index (χ1) is 7.27. The summed E-state index contributed by atoms with van der Waals surface area (Å²) >= 11 is 0. The third kappa shape index (κ3) is 2.02. The van der Waals surface area contributed by atoms with Crippen molar-refractivity contribution in [2.45, 2.75) is 0 Å². The van der Waals surface area contributed by atoms with Crippen LogP contribution in [0.15, 0.2) is 48.5 Å². The summed E-state index contributed by atoms with van der Waals surface area (Å²) in [6.07, 6.45) is 0. The molecule has 0 fully saturated rings. The number of nitrogen functional groups attached to an aromatic ring is 2. The van der Waals surface area contributed by atoms with E-state index in [0.29, 0.717) is 11.4 Å². The van der Waals surface area contributed by atoms with Crippen molar-refractivity contribution < 1.29 is 0 Å². The standard InChI is InChI=1S/C12H12N3/c13-9-5-1-3-7-11(9)15-12-8-4-2-6-10(12)14/h1-8H,13-14H2. The maximum Gasteiger partial charge on any atom is 0.0867 e. The van der Waals surface area contributed by atoms with Crippen LogP contribution in [-0.4, -0.2) is 0 Å². The van der Waals surface area contributed by atoms with Gasteiger partial charge in [0.2, 0.25) is 0 Å². The first-order valence-electron chi connectivity index (χ1n) is 4.68. The number of para-hydroxylation sites is 4. The second kappa shape index (κ2) is 3.92. The predicted molar refractivity (Wildman–Crippen MR) is 63.2 cm³/mol. The predicted octanol–water partition coefficient (Wildman–Crippen LogP) is 2.42. The van der Waals surface area contributed by atoms with Gasteiger partial charge in [0.25, 0.3) is 0 Å². The van der Waals surface area contributed by atoms with Gasteiger partial charge in [0.15, 0.2) is 0 Å². The lowest BCUT2D eigenvalue weighted by Gasteiger charge is -2.07. The Morgan fingerprint density at radius 2 is 1.07 bits per heavy atom. The Morgan fingerprint density at radius 3 is 1.47 bits per heavy atom. The zero-order chi connectivity index (χ0) is 10.7. The quantitative estimate of drug-likeness (QED) is 0.728. The van der Waals surface area contributed by atoms with Crippen molar-refractivity contribution in [2.24, 2.45) is 0 Å². The Morgan fingerprint density at radius 1 is 0.667 bits per heavy atom. The summed E-state index contributed by atoms with van der Waals surface area (Å²) in [6.45, 7) is 0. The molecule has 2 aromatic carbocycles. The highest BCUT2D eigenvalue weighted by atomic mass is 14.9. The molecule has 0 aromatic heterocycles. The minimum absolute atomic E-state index is 0.653. The van der Waals surface area contributed by atoms with E-state index in [0.717, 1.165) is 11.4 Å². The fourth-order valence-corrected chi connectivity index (χ4v) is 1.31. The SMILES string of the molecule is Nc1ccccc1[N]c1ccccc1N. The first kappa shape index (κ1) is 9.40. The number of nitrogens with two attached hydrogens (primary N) is 2. The number of hydrogen-bond donors (Lipinski definition) is 2. The van der Waals surface area contributed by atoms with Crippen molar-refractivity contribution in [3.05, 3.63) is 48.5 Å². The van der Waals surface area contributed by atoms with Crippen LogP contribution in [0.25, 0.3) is 0 Å². The van der Waals surface area contributed by atoms with E-state index >= 15 is 0 Å². The summed E-state index contributed by atoms with van der Waals surface area (Å²) < 4.78 is 0. The van der Waals surface area contributed by atoms with E-state index < -0.39 is 0 Å². The van der Waals surface area contributed by atoms with Gasteiger partial charge >= 0.3 is 0 Å². The highest BCUT2D eigenvalue weighted by Gasteiger charge is 2.02. The Balaban J connectivity index is 2.30. The Hall–Kier alpha value is -2.16. The first-order valence-corrected chi connectivity index (χ1v) is 4.68. The largest absolute Gasteiger partial charge is 0.397 e. The maximum atomic E-state index is 5.78. The molecule has 0 heterocycles. The van der Waals surface area contributed by atoms with Crippen molar-refractivity contribution in [3.63, 3.8) is 0 Å². The molecule has 0 aliphatic heterocycles. The lowest BCUT2D eigenvalue weighted by Crippen LogP contribution is -1.97. The van der Waals surface area contributed by atoms with E-state index in [-0.39, 0.29) is 0 Å². The molecule has 0 atom stereocenters. The molecule has 2 aromatic rings. The van der Waals surface area contributed by atoms with Crippen LogP contribution in [0.1, 0.15) is 0 Å². The van der Waals surface area contributed by atoms with Gasteiger partial charge in [-0.15, -0.1) is 0 Å². The third-order valence-corrected chi connectivity index (χ3v) is 2.11. The fraction of sp³-hybridized carbons (Fsp3) is 0. The van der Waals surface area contributed by atoms with Gasteiger partial charge in [-0.1, -0.05) is 24.3 Å². The molecule has 0 saturated heterocycles. The fourth-order valence-electron chi connectivity index (χ4n) is 1.31. The van der Waals surface area contributed by atoms with Crippen LogP contribution in [0.5, 0.6) is 0 Å². The van der Waals surface area contributed by atoms with E-state index in [2.05, 4.69) is 5.32 Å². The third-order valence-electron chi connectivity index (χ3n) is 2.11. The van der Waals surface area contributed by atoms with Crippen LogP contribution in [0.4, 0.5) is 22.7 Å². The van der Waals surface area contributed by atoms with Crippen LogP contribution in [0.2, 0.25) is 0 Å². The van der Waals surface area contributed by atoms with Gasteiger partial charge in [0, 0.05) is 0 Å². The Labute approximate surface area is 88.7 Å². The molecule has 0 amide bonds. The summed E-state index contributed by atoms with van der Waals surface area (Å²) in [7, 11) is 0. The van der Waals surface area contributed by atoms with Gasteiger partial charge in [-0.25, -0.2) is 5.32 Å². The second-order valence-corrected chi connectivity index (χ2v) is 3.23. The molecule has 2 rings (SSSR count). The molecular formula is C12H12N3. The van der Waals surface area contributed by atoms with E-state index in [9.17, 15) is 0 Å². The van der Waals surface area contributed by atoms with Crippen LogP contribution in [-0.2, 0) is 0 Å². The van der Waals surface area contributed by atoms with E-state index in [1.54, 1.807) is 0 Å². The van der Waals surface area contributed by atoms with Crippen LogP contribution in [0.3, 0.4) is 0 Å². The molecule has 0 unspecified atom stereocenters. The average Bonchev–Trinajstić information content (AvgIpc) is 2.24. The number of benzene rings is 2. The maximum absolute atomic E-state index is 5.78. The zero-order valence-electron chi connectivity index (χ0n) is 8.22. The highest BCUT2D eigenvalue weighted by Crippen LogP contribution is 2.26. The van der Waals surface area contributed by atoms with Crippen LogP contribution < -0.4 is 16.8 Å². The van der Waals surface area contributed by atoms with Gasteiger partial charge in [-0.05, 0) is 24.3 Å². The summed E-state index contributed by atoms with van der Waals surface area (Å²) in [5, 5.41) is 4.39. The number of anilines is 2. The van der Waals surface area contributed by atoms with E-state index in [1.807, 2.05) is 48.5 Å². The monoisotopic (exact) mass is 198 g/mol. The zero-order valence-corrected chi connectivity index (χ0v) is 8.22. The summed E-state index contributed by atoms with van der Waals surface area (Å²) in [4.78, 5) is 0. The van der Waals surface area contributed by atoms with Crippen LogP contribution in [0, 0.1) is 0 Å². The summed E-state index contributed by atoms with van der Waals surface area (Å²) in [5.74, 6) is 0. The van der Waals surface area contributed by atoms with E-state index in [1.165, 1.54) is 0 Å². The number of nitrogens with zero attached hydrogens (tertiary/aromatic N) is 1. The molecule has 0 aliphatic carbocycles. The van der Waals surface area contributed by atoms with E-state index in [4.69, 9.17) is 11.5 Å². The Kier molecular flexibility index (Phi) is 2.46. The minimum Gasteiger partial charge on any atom is -0.397 e. The molecule has 3 heteroatoms. The number of hydrogen-bond acceptors (Lipinski definition) is 2. The molecule has 4 N–H and O–H groups in total. The van der Waals surface area contributed by atoms with Gasteiger partial charge in [-0.2, -0.15) is 0 Å². The molecule has 3 nitrogen and oxygen atoms in total. The van der Waals surface area contributed by atoms with Crippen LogP contribution >= 0.6 is 0 Å². The normalized spacial score (nSPS) is 9.87. The van der Waals surface area contributed by atoms with Crippen molar-refractivity contribution in [1.29, 1.82) is 0 Å². The van der Waals surface area contributed by atoms with Crippen molar-refractivity contribution in [2.75, 3.05) is 11.5 Å². The topological polar surface area (TPSA) is 66.1 Å². The second-order valence-electron chi connectivity index (χ2n) is 3.23. The van der Waals surface area contributed by atoms with Crippen molar-refractivity contribution in [1.82, 2.24) is 5.32 Å². The van der Waals surface area contributed by atoms with Crippen molar-refractivity contribution >= 4 is 22.7 Å². The molecular weight excluding hydrogens is 186 g/mol. The molecule has 75 valence electrons. The Bertz CT molecular complexity index is 422. The molecule has 0 bridgehead atoms. The molecule has 15 heavy (non-hydrogen) atoms.